The predicted molar refractivity (Wildman–Crippen MR) is 101 cm³/mol. The fourth-order valence-electron chi connectivity index (χ4n) is 2.97. The third-order valence-electron chi connectivity index (χ3n) is 4.48. The molecule has 0 atom stereocenters. The average molecular weight is 407 g/mol. The Morgan fingerprint density at radius 1 is 1.21 bits per heavy atom. The number of carbonyl (C=O) groups is 1. The van der Waals surface area contributed by atoms with Gasteiger partial charge in [0.1, 0.15) is 6.10 Å². The number of hydrogen-bond acceptors (Lipinski definition) is 4. The van der Waals surface area contributed by atoms with Gasteiger partial charge in [0.15, 0.2) is 0 Å². The Bertz CT molecular complexity index is 1030. The number of halogens is 3. The van der Waals surface area contributed by atoms with Gasteiger partial charge in [0, 0.05) is 0 Å². The Morgan fingerprint density at radius 2 is 1.96 bits per heavy atom. The van der Waals surface area contributed by atoms with Gasteiger partial charge in [0.05, 0.1) is 34.6 Å². The number of carbonyl (C=O) groups excluding carboxylic acids is 1. The molecule has 1 fully saturated rings. The van der Waals surface area contributed by atoms with Gasteiger partial charge in [0.25, 0.3) is 5.19 Å². The van der Waals surface area contributed by atoms with Gasteiger partial charge in [-0.15, -0.1) is 0 Å². The van der Waals surface area contributed by atoms with E-state index in [1.54, 1.807) is 0 Å². The lowest BCUT2D eigenvalue weighted by Gasteiger charge is -2.38. The van der Waals surface area contributed by atoms with Crippen LogP contribution in [0.2, 0.25) is 0 Å². The summed E-state index contributed by atoms with van der Waals surface area (Å²) < 4.78 is 45.9. The van der Waals surface area contributed by atoms with E-state index in [0.717, 1.165) is 21.8 Å². The van der Waals surface area contributed by atoms with Crippen LogP contribution in [-0.4, -0.2) is 35.1 Å². The van der Waals surface area contributed by atoms with Gasteiger partial charge < -0.3 is 15.0 Å². The second-order valence-electron chi connectivity index (χ2n) is 6.52. The Hall–Kier alpha value is -2.81. The maximum Gasteiger partial charge on any atom is 0.418 e. The van der Waals surface area contributed by atoms with E-state index in [1.807, 2.05) is 25.1 Å². The Kier molecular flexibility index (Phi) is 4.62. The predicted octanol–water partition coefficient (Wildman–Crippen LogP) is 4.92. The first-order chi connectivity index (χ1) is 13.3. The van der Waals surface area contributed by atoms with Crippen LogP contribution < -0.4 is 10.1 Å². The van der Waals surface area contributed by atoms with Gasteiger partial charge >= 0.3 is 12.2 Å². The molecule has 2 aromatic carbocycles. The van der Waals surface area contributed by atoms with Crippen LogP contribution in [0.25, 0.3) is 10.2 Å². The number of urea groups is 1. The zero-order valence-electron chi connectivity index (χ0n) is 14.8. The number of aromatic nitrogens is 1. The van der Waals surface area contributed by atoms with E-state index in [-0.39, 0.29) is 24.9 Å². The third kappa shape index (κ3) is 3.62. The number of fused-ring (bicyclic) bond motifs is 1. The van der Waals surface area contributed by atoms with Crippen molar-refractivity contribution in [2.24, 2.45) is 0 Å². The molecule has 1 aliphatic heterocycles. The molecule has 146 valence electrons. The number of nitrogens with zero attached hydrogens (tertiary/aromatic N) is 2. The molecular formula is C19H16F3N3O2S. The molecule has 5 nitrogen and oxygen atoms in total. The second kappa shape index (κ2) is 6.97. The molecule has 0 unspecified atom stereocenters. The highest BCUT2D eigenvalue weighted by molar-refractivity contribution is 7.20. The first-order valence-electron chi connectivity index (χ1n) is 8.56. The summed E-state index contributed by atoms with van der Waals surface area (Å²) in [7, 11) is 0. The summed E-state index contributed by atoms with van der Waals surface area (Å²) in [6.45, 7) is 2.55. The maximum atomic E-state index is 13.0. The normalized spacial score (nSPS) is 14.8. The van der Waals surface area contributed by atoms with Crippen molar-refractivity contribution < 1.29 is 22.7 Å². The van der Waals surface area contributed by atoms with Crippen molar-refractivity contribution in [2.45, 2.75) is 19.2 Å². The average Bonchev–Trinajstić information content (AvgIpc) is 3.01. The zero-order valence-corrected chi connectivity index (χ0v) is 15.6. The van der Waals surface area contributed by atoms with Gasteiger partial charge in [-0.2, -0.15) is 13.2 Å². The number of amides is 2. The van der Waals surface area contributed by atoms with Gasteiger partial charge in [-0.3, -0.25) is 0 Å². The summed E-state index contributed by atoms with van der Waals surface area (Å²) in [5.74, 6) is 0. The van der Waals surface area contributed by atoms with Crippen molar-refractivity contribution in [1.82, 2.24) is 9.88 Å². The molecule has 2 amide bonds. The lowest BCUT2D eigenvalue weighted by molar-refractivity contribution is -0.136. The van der Waals surface area contributed by atoms with Gasteiger partial charge in [-0.1, -0.05) is 35.6 Å². The first-order valence-corrected chi connectivity index (χ1v) is 9.38. The minimum Gasteiger partial charge on any atom is -0.463 e. The monoisotopic (exact) mass is 407 g/mol. The summed E-state index contributed by atoms with van der Waals surface area (Å²) in [4.78, 5) is 18.1. The SMILES string of the molecule is Cc1cccc2sc(OC3CN(C(=O)Nc4ccccc4C(F)(F)F)C3)nc12. The first kappa shape index (κ1) is 18.5. The Morgan fingerprint density at radius 3 is 2.68 bits per heavy atom. The molecule has 0 spiro atoms. The zero-order chi connectivity index (χ0) is 19.9. The molecule has 1 aromatic heterocycles. The number of ether oxygens (including phenoxy) is 1. The van der Waals surface area contributed by atoms with Crippen LogP contribution in [0.15, 0.2) is 42.5 Å². The summed E-state index contributed by atoms with van der Waals surface area (Å²) in [6, 6.07) is 10.2. The minimum atomic E-state index is -4.53. The summed E-state index contributed by atoms with van der Waals surface area (Å²) in [5, 5.41) is 2.86. The number of likely N-dealkylation sites (tertiary alicyclic amines) is 1. The molecule has 0 saturated carbocycles. The van der Waals surface area contributed by atoms with Crippen LogP contribution in [0.3, 0.4) is 0 Å². The minimum absolute atomic E-state index is 0.232. The fourth-order valence-corrected chi connectivity index (χ4v) is 3.93. The van der Waals surface area contributed by atoms with Crippen LogP contribution in [0, 0.1) is 6.92 Å². The Labute approximate surface area is 162 Å². The number of nitrogens with one attached hydrogen (secondary N) is 1. The number of para-hydroxylation sites is 2. The molecule has 4 rings (SSSR count). The quantitative estimate of drug-likeness (QED) is 0.671. The van der Waals surface area contributed by atoms with Crippen molar-refractivity contribution >= 4 is 33.3 Å². The van der Waals surface area contributed by atoms with Crippen molar-refractivity contribution in [2.75, 3.05) is 18.4 Å². The number of hydrogen-bond donors (Lipinski definition) is 1. The number of anilines is 1. The van der Waals surface area contributed by atoms with Crippen LogP contribution in [0.5, 0.6) is 5.19 Å². The van der Waals surface area contributed by atoms with Crippen molar-refractivity contribution in [3.63, 3.8) is 0 Å². The van der Waals surface area contributed by atoms with Gasteiger partial charge in [0.2, 0.25) is 0 Å². The summed E-state index contributed by atoms with van der Waals surface area (Å²) in [6.07, 6.45) is -4.76. The molecule has 1 aliphatic rings. The standard InChI is InChI=1S/C19H16F3N3O2S/c1-11-5-4-8-15-16(11)24-18(28-15)27-12-9-25(10-12)17(26)23-14-7-3-2-6-13(14)19(20,21)22/h2-8,12H,9-10H2,1H3,(H,23,26). The van der Waals surface area contributed by atoms with Gasteiger partial charge in [-0.25, -0.2) is 9.78 Å². The molecule has 0 radical (unpaired) electrons. The van der Waals surface area contributed by atoms with Crippen molar-refractivity contribution in [1.29, 1.82) is 0 Å². The second-order valence-corrected chi connectivity index (χ2v) is 7.51. The van der Waals surface area contributed by atoms with E-state index in [2.05, 4.69) is 10.3 Å². The van der Waals surface area contributed by atoms with Crippen LogP contribution in [-0.2, 0) is 6.18 Å². The largest absolute Gasteiger partial charge is 0.463 e. The van der Waals surface area contributed by atoms with E-state index in [9.17, 15) is 18.0 Å². The summed E-state index contributed by atoms with van der Waals surface area (Å²) >= 11 is 1.43. The van der Waals surface area contributed by atoms with Gasteiger partial charge in [-0.05, 0) is 30.7 Å². The highest BCUT2D eigenvalue weighted by Crippen LogP contribution is 2.35. The molecule has 3 aromatic rings. The van der Waals surface area contributed by atoms with Crippen LogP contribution >= 0.6 is 11.3 Å². The molecule has 0 aliphatic carbocycles. The van der Waals surface area contributed by atoms with E-state index < -0.39 is 17.8 Å². The Balaban J connectivity index is 1.36. The third-order valence-corrected chi connectivity index (χ3v) is 5.39. The highest BCUT2D eigenvalue weighted by atomic mass is 32.1. The molecule has 0 bridgehead atoms. The van der Waals surface area contributed by atoms with E-state index in [4.69, 9.17) is 4.74 Å². The van der Waals surface area contributed by atoms with Crippen molar-refractivity contribution in [3.8, 4) is 5.19 Å². The molecule has 1 saturated heterocycles. The topological polar surface area (TPSA) is 54.5 Å². The van der Waals surface area contributed by atoms with Crippen LogP contribution in [0.1, 0.15) is 11.1 Å². The number of benzene rings is 2. The molecule has 9 heteroatoms. The van der Waals surface area contributed by atoms with E-state index in [0.29, 0.717) is 5.19 Å². The number of thiazole rings is 1. The van der Waals surface area contributed by atoms with Crippen LogP contribution in [0.4, 0.5) is 23.7 Å². The smallest absolute Gasteiger partial charge is 0.418 e. The highest BCUT2D eigenvalue weighted by Gasteiger charge is 2.36. The fraction of sp³-hybridized carbons (Fsp3) is 0.263. The lowest BCUT2D eigenvalue weighted by atomic mass is 10.1. The lowest BCUT2D eigenvalue weighted by Crippen LogP contribution is -2.57. The van der Waals surface area contributed by atoms with E-state index in [1.165, 1.54) is 34.4 Å². The molecule has 1 N–H and O–H groups in total. The number of rotatable bonds is 3. The maximum absolute atomic E-state index is 13.0. The summed E-state index contributed by atoms with van der Waals surface area (Å²) in [5.41, 5.74) is 0.814. The molecule has 28 heavy (non-hydrogen) atoms. The molecular weight excluding hydrogens is 391 g/mol. The molecule has 2 heterocycles. The van der Waals surface area contributed by atoms with E-state index >= 15 is 0 Å². The number of aryl methyl sites for hydroxylation is 1. The van der Waals surface area contributed by atoms with Crippen molar-refractivity contribution in [3.05, 3.63) is 53.6 Å². The number of alkyl halides is 3.